The van der Waals surface area contributed by atoms with E-state index in [-0.39, 0.29) is 11.8 Å². The van der Waals surface area contributed by atoms with Gasteiger partial charge in [0.15, 0.2) is 0 Å². The minimum absolute atomic E-state index is 0.0883. The number of nitrogens with zero attached hydrogens (tertiary/aromatic N) is 3. The SMILES string of the molecule is Cc1noc(C)c1CNC(=O)[C@@H]1CCCN(C2CCN(CCc3ccccc3)CC2)C1. The maximum absolute atomic E-state index is 12.8. The molecular weight excluding hydrogens is 388 g/mol. The summed E-state index contributed by atoms with van der Waals surface area (Å²) in [6, 6.07) is 11.4. The van der Waals surface area contributed by atoms with Crippen LogP contribution in [0.15, 0.2) is 34.9 Å². The van der Waals surface area contributed by atoms with Crippen LogP contribution in [0.2, 0.25) is 0 Å². The molecule has 2 aliphatic heterocycles. The van der Waals surface area contributed by atoms with Crippen LogP contribution in [0.3, 0.4) is 0 Å². The van der Waals surface area contributed by atoms with Crippen molar-refractivity contribution in [1.82, 2.24) is 20.3 Å². The Morgan fingerprint density at radius 1 is 1.13 bits per heavy atom. The lowest BCUT2D eigenvalue weighted by Gasteiger charge is -2.42. The molecule has 0 spiro atoms. The molecule has 4 rings (SSSR count). The van der Waals surface area contributed by atoms with Gasteiger partial charge in [-0.2, -0.15) is 0 Å². The summed E-state index contributed by atoms with van der Waals surface area (Å²) in [6.07, 6.45) is 5.64. The Morgan fingerprint density at radius 2 is 1.90 bits per heavy atom. The highest BCUT2D eigenvalue weighted by Crippen LogP contribution is 2.24. The minimum atomic E-state index is 0.0883. The van der Waals surface area contributed by atoms with Crippen molar-refractivity contribution in [1.29, 1.82) is 0 Å². The summed E-state index contributed by atoms with van der Waals surface area (Å²) in [6.45, 7) is 9.82. The predicted octanol–water partition coefficient (Wildman–Crippen LogP) is 3.33. The van der Waals surface area contributed by atoms with Crippen molar-refractivity contribution >= 4 is 5.91 Å². The molecule has 1 aromatic heterocycles. The van der Waals surface area contributed by atoms with Gasteiger partial charge in [0, 0.05) is 31.2 Å². The van der Waals surface area contributed by atoms with Gasteiger partial charge in [0.25, 0.3) is 0 Å². The van der Waals surface area contributed by atoms with E-state index in [2.05, 4.69) is 50.6 Å². The third-order valence-corrected chi connectivity index (χ3v) is 7.08. The molecule has 168 valence electrons. The maximum atomic E-state index is 12.8. The molecule has 0 saturated carbocycles. The second-order valence-electron chi connectivity index (χ2n) is 9.16. The standard InChI is InChI=1S/C25H36N4O2/c1-19-24(20(2)31-27-19)17-26-25(30)22-9-6-13-29(18-22)23-11-15-28(16-12-23)14-10-21-7-4-3-5-8-21/h3-5,7-8,22-23H,6,9-18H2,1-2H3,(H,26,30)/t22-/m1/s1. The number of aryl methyl sites for hydroxylation is 2. The van der Waals surface area contributed by atoms with Crippen LogP contribution in [0.25, 0.3) is 0 Å². The van der Waals surface area contributed by atoms with Crippen LogP contribution in [0.4, 0.5) is 0 Å². The van der Waals surface area contributed by atoms with E-state index in [1.165, 1.54) is 18.4 Å². The second kappa shape index (κ2) is 10.4. The molecule has 0 unspecified atom stereocenters. The van der Waals surface area contributed by atoms with E-state index in [1.807, 2.05) is 13.8 Å². The number of aromatic nitrogens is 1. The van der Waals surface area contributed by atoms with Crippen LogP contribution in [0, 0.1) is 19.8 Å². The highest BCUT2D eigenvalue weighted by atomic mass is 16.5. The number of benzene rings is 1. The van der Waals surface area contributed by atoms with E-state index >= 15 is 0 Å². The number of carbonyl (C=O) groups is 1. The van der Waals surface area contributed by atoms with Gasteiger partial charge >= 0.3 is 0 Å². The largest absolute Gasteiger partial charge is 0.361 e. The zero-order valence-corrected chi connectivity index (χ0v) is 19.0. The van der Waals surface area contributed by atoms with Gasteiger partial charge in [-0.1, -0.05) is 35.5 Å². The van der Waals surface area contributed by atoms with Gasteiger partial charge in [0.05, 0.1) is 11.6 Å². The van der Waals surface area contributed by atoms with Crippen LogP contribution >= 0.6 is 0 Å². The van der Waals surface area contributed by atoms with Gasteiger partial charge in [0.1, 0.15) is 5.76 Å². The second-order valence-corrected chi connectivity index (χ2v) is 9.16. The monoisotopic (exact) mass is 424 g/mol. The third kappa shape index (κ3) is 5.74. The van der Waals surface area contributed by atoms with E-state index in [0.29, 0.717) is 12.6 Å². The van der Waals surface area contributed by atoms with E-state index in [0.717, 1.165) is 69.0 Å². The lowest BCUT2D eigenvalue weighted by molar-refractivity contribution is -0.127. The van der Waals surface area contributed by atoms with Crippen molar-refractivity contribution < 1.29 is 9.32 Å². The van der Waals surface area contributed by atoms with Gasteiger partial charge in [-0.25, -0.2) is 0 Å². The normalized spacial score (nSPS) is 21.3. The first kappa shape index (κ1) is 22.0. The predicted molar refractivity (Wildman–Crippen MR) is 122 cm³/mol. The Labute approximate surface area is 186 Å². The number of nitrogens with one attached hydrogen (secondary N) is 1. The molecule has 1 N–H and O–H groups in total. The number of likely N-dealkylation sites (tertiary alicyclic amines) is 2. The molecule has 2 aromatic rings. The average Bonchev–Trinajstić information content (AvgIpc) is 3.14. The average molecular weight is 425 g/mol. The molecule has 0 bridgehead atoms. The van der Waals surface area contributed by atoms with Crippen molar-refractivity contribution in [3.8, 4) is 0 Å². The number of carbonyl (C=O) groups excluding carboxylic acids is 1. The summed E-state index contributed by atoms with van der Waals surface area (Å²) >= 11 is 0. The summed E-state index contributed by atoms with van der Waals surface area (Å²) in [5.41, 5.74) is 3.29. The molecule has 1 amide bonds. The van der Waals surface area contributed by atoms with Crippen molar-refractivity contribution in [2.75, 3.05) is 32.7 Å². The van der Waals surface area contributed by atoms with E-state index in [9.17, 15) is 4.79 Å². The number of hydrogen-bond acceptors (Lipinski definition) is 5. The molecule has 1 aromatic carbocycles. The van der Waals surface area contributed by atoms with E-state index < -0.39 is 0 Å². The third-order valence-electron chi connectivity index (χ3n) is 7.08. The summed E-state index contributed by atoms with van der Waals surface area (Å²) in [4.78, 5) is 18.0. The number of hydrogen-bond donors (Lipinski definition) is 1. The van der Waals surface area contributed by atoms with Crippen LogP contribution < -0.4 is 5.32 Å². The molecule has 6 nitrogen and oxygen atoms in total. The van der Waals surface area contributed by atoms with E-state index in [4.69, 9.17) is 4.52 Å². The molecule has 3 heterocycles. The van der Waals surface area contributed by atoms with Gasteiger partial charge in [-0.05, 0) is 71.1 Å². The van der Waals surface area contributed by atoms with Gasteiger partial charge in [-0.3, -0.25) is 9.69 Å². The fourth-order valence-corrected chi connectivity index (χ4v) is 5.07. The molecular formula is C25H36N4O2. The Bertz CT molecular complexity index is 823. The molecule has 0 aliphatic carbocycles. The first-order valence-corrected chi connectivity index (χ1v) is 11.8. The Kier molecular flexibility index (Phi) is 7.41. The maximum Gasteiger partial charge on any atom is 0.224 e. The van der Waals surface area contributed by atoms with Gasteiger partial charge in [-0.15, -0.1) is 0 Å². The van der Waals surface area contributed by atoms with Crippen LogP contribution in [-0.2, 0) is 17.8 Å². The smallest absolute Gasteiger partial charge is 0.224 e. The van der Waals surface area contributed by atoms with Crippen LogP contribution in [0.1, 0.15) is 48.3 Å². The Hall–Kier alpha value is -2.18. The Balaban J connectivity index is 1.21. The molecule has 31 heavy (non-hydrogen) atoms. The molecule has 6 heteroatoms. The summed E-state index contributed by atoms with van der Waals surface area (Å²) in [7, 11) is 0. The lowest BCUT2D eigenvalue weighted by atomic mass is 9.93. The molecule has 1 atom stereocenters. The first-order chi connectivity index (χ1) is 15.1. The summed E-state index contributed by atoms with van der Waals surface area (Å²) < 4.78 is 5.21. The van der Waals surface area contributed by atoms with Gasteiger partial charge < -0.3 is 14.7 Å². The van der Waals surface area contributed by atoms with Crippen molar-refractivity contribution in [2.45, 2.75) is 58.5 Å². The molecule has 2 saturated heterocycles. The van der Waals surface area contributed by atoms with Crippen molar-refractivity contribution in [3.63, 3.8) is 0 Å². The molecule has 0 radical (unpaired) electrons. The molecule has 2 fully saturated rings. The zero-order chi connectivity index (χ0) is 21.6. The number of amides is 1. The quantitative estimate of drug-likeness (QED) is 0.739. The zero-order valence-electron chi connectivity index (χ0n) is 19.0. The molecule has 2 aliphatic rings. The topological polar surface area (TPSA) is 61.6 Å². The van der Waals surface area contributed by atoms with E-state index in [1.54, 1.807) is 0 Å². The van der Waals surface area contributed by atoms with Crippen LogP contribution in [0.5, 0.6) is 0 Å². The lowest BCUT2D eigenvalue weighted by Crippen LogP contribution is -2.50. The fourth-order valence-electron chi connectivity index (χ4n) is 5.07. The fraction of sp³-hybridized carbons (Fsp3) is 0.600. The summed E-state index contributed by atoms with van der Waals surface area (Å²) in [5, 5.41) is 7.10. The highest BCUT2D eigenvalue weighted by molar-refractivity contribution is 5.79. The van der Waals surface area contributed by atoms with Crippen molar-refractivity contribution in [3.05, 3.63) is 52.9 Å². The highest BCUT2D eigenvalue weighted by Gasteiger charge is 2.31. The number of rotatable bonds is 7. The van der Waals surface area contributed by atoms with Gasteiger partial charge in [0.2, 0.25) is 5.91 Å². The van der Waals surface area contributed by atoms with Crippen LogP contribution in [-0.4, -0.2) is 59.6 Å². The Morgan fingerprint density at radius 3 is 2.61 bits per heavy atom. The minimum Gasteiger partial charge on any atom is -0.361 e. The summed E-state index contributed by atoms with van der Waals surface area (Å²) in [5.74, 6) is 1.05. The first-order valence-electron chi connectivity index (χ1n) is 11.8. The van der Waals surface area contributed by atoms with Crippen molar-refractivity contribution in [2.24, 2.45) is 5.92 Å². The number of piperidine rings is 2.